The normalized spacial score (nSPS) is 25.2. The molecular weight excluding hydrogens is 302 g/mol. The van der Waals surface area contributed by atoms with E-state index in [0.717, 1.165) is 43.8 Å². The molecule has 0 aliphatic carbocycles. The van der Waals surface area contributed by atoms with Crippen molar-refractivity contribution in [1.29, 1.82) is 0 Å². The number of rotatable bonds is 3. The van der Waals surface area contributed by atoms with E-state index in [1.165, 1.54) is 18.5 Å². The number of aryl methyl sites for hydroxylation is 1. The number of pyridine rings is 1. The molecule has 2 aliphatic heterocycles. The van der Waals surface area contributed by atoms with E-state index >= 15 is 0 Å². The van der Waals surface area contributed by atoms with Gasteiger partial charge < -0.3 is 14.2 Å². The van der Waals surface area contributed by atoms with E-state index < -0.39 is 5.60 Å². The van der Waals surface area contributed by atoms with Gasteiger partial charge in [-0.1, -0.05) is 6.07 Å². The van der Waals surface area contributed by atoms with Crippen molar-refractivity contribution in [3.63, 3.8) is 0 Å². The van der Waals surface area contributed by atoms with Gasteiger partial charge in [0.05, 0.1) is 11.3 Å². The van der Waals surface area contributed by atoms with Gasteiger partial charge in [-0.05, 0) is 38.4 Å². The molecule has 5 heteroatoms. The number of hydrogen-bond acceptors (Lipinski definition) is 4. The number of hydrogen-bond donors (Lipinski definition) is 1. The Kier molecular flexibility index (Phi) is 4.33. The fourth-order valence-electron chi connectivity index (χ4n) is 4.25. The van der Waals surface area contributed by atoms with Gasteiger partial charge in [0.2, 0.25) is 0 Å². The van der Waals surface area contributed by atoms with Gasteiger partial charge in [0.1, 0.15) is 5.65 Å². The minimum atomic E-state index is -0.572. The van der Waals surface area contributed by atoms with Gasteiger partial charge in [-0.3, -0.25) is 4.90 Å². The lowest BCUT2D eigenvalue weighted by Crippen LogP contribution is -2.49. The lowest BCUT2D eigenvalue weighted by Gasteiger charge is -2.40. The molecule has 2 aromatic rings. The number of ether oxygens (including phenoxy) is 1. The molecule has 0 aromatic carbocycles. The van der Waals surface area contributed by atoms with Crippen molar-refractivity contribution in [3.05, 3.63) is 35.8 Å². The van der Waals surface area contributed by atoms with Gasteiger partial charge in [-0.2, -0.15) is 0 Å². The summed E-state index contributed by atoms with van der Waals surface area (Å²) >= 11 is 0. The van der Waals surface area contributed by atoms with Crippen LogP contribution in [0.1, 0.15) is 43.0 Å². The highest BCUT2D eigenvalue weighted by molar-refractivity contribution is 5.42. The van der Waals surface area contributed by atoms with Gasteiger partial charge in [0, 0.05) is 57.0 Å². The molecule has 2 aromatic heterocycles. The number of β-amino-alcohol motifs (C(OH)–C–C–N with tert-alkyl or cyclic N) is 1. The van der Waals surface area contributed by atoms with Crippen LogP contribution in [0.15, 0.2) is 24.4 Å². The molecule has 2 fully saturated rings. The lowest BCUT2D eigenvalue weighted by atomic mass is 9.90. The van der Waals surface area contributed by atoms with Crippen LogP contribution in [0.2, 0.25) is 0 Å². The molecular formula is C19H27N3O2. The molecule has 0 saturated carbocycles. The third-order valence-corrected chi connectivity index (χ3v) is 5.51. The van der Waals surface area contributed by atoms with Crippen molar-refractivity contribution in [2.75, 3.05) is 32.8 Å². The van der Waals surface area contributed by atoms with Crippen LogP contribution in [0.25, 0.3) is 5.65 Å². The molecule has 0 radical (unpaired) electrons. The summed E-state index contributed by atoms with van der Waals surface area (Å²) in [5.74, 6) is 0.500. The maximum Gasteiger partial charge on any atom is 0.137 e. The van der Waals surface area contributed by atoms with Crippen LogP contribution in [-0.2, 0) is 4.74 Å². The average molecular weight is 329 g/mol. The number of piperidine rings is 1. The van der Waals surface area contributed by atoms with Crippen molar-refractivity contribution in [3.8, 4) is 0 Å². The largest absolute Gasteiger partial charge is 0.388 e. The summed E-state index contributed by atoms with van der Waals surface area (Å²) in [4.78, 5) is 7.03. The average Bonchev–Trinajstić information content (AvgIpc) is 2.95. The van der Waals surface area contributed by atoms with Crippen molar-refractivity contribution < 1.29 is 9.84 Å². The first kappa shape index (κ1) is 16.1. The van der Waals surface area contributed by atoms with E-state index in [4.69, 9.17) is 4.74 Å². The van der Waals surface area contributed by atoms with Crippen molar-refractivity contribution >= 4 is 5.65 Å². The Morgan fingerprint density at radius 2 is 2.17 bits per heavy atom. The maximum absolute atomic E-state index is 10.8. The second-order valence-electron chi connectivity index (χ2n) is 7.47. The van der Waals surface area contributed by atoms with E-state index in [0.29, 0.717) is 19.1 Å². The highest BCUT2D eigenvalue weighted by atomic mass is 16.5. The van der Waals surface area contributed by atoms with Crippen LogP contribution in [0, 0.1) is 6.92 Å². The third-order valence-electron chi connectivity index (χ3n) is 5.51. The molecule has 0 bridgehead atoms. The van der Waals surface area contributed by atoms with E-state index in [1.807, 2.05) is 6.92 Å². The predicted molar refractivity (Wildman–Crippen MR) is 93.3 cm³/mol. The smallest absolute Gasteiger partial charge is 0.137 e. The summed E-state index contributed by atoms with van der Waals surface area (Å²) in [7, 11) is 0. The summed E-state index contributed by atoms with van der Waals surface area (Å²) < 4.78 is 7.65. The van der Waals surface area contributed by atoms with E-state index in [9.17, 15) is 5.11 Å². The first-order valence-electron chi connectivity index (χ1n) is 9.10. The Hall–Kier alpha value is -1.43. The second-order valence-corrected chi connectivity index (χ2v) is 7.47. The molecule has 4 rings (SSSR count). The summed E-state index contributed by atoms with van der Waals surface area (Å²) in [5.41, 5.74) is 2.87. The van der Waals surface area contributed by atoms with Crippen molar-refractivity contribution in [1.82, 2.24) is 14.3 Å². The minimum Gasteiger partial charge on any atom is -0.388 e. The Bertz CT molecular complexity index is 706. The number of aliphatic hydroxyl groups is 1. The number of imidazole rings is 1. The number of nitrogens with zero attached hydrogens (tertiary/aromatic N) is 3. The summed E-state index contributed by atoms with van der Waals surface area (Å²) in [6.45, 7) is 6.28. The molecule has 1 N–H and O–H groups in total. The van der Waals surface area contributed by atoms with Crippen LogP contribution in [0.4, 0.5) is 0 Å². The zero-order chi connectivity index (χ0) is 16.6. The fourth-order valence-corrected chi connectivity index (χ4v) is 4.25. The molecule has 0 amide bonds. The van der Waals surface area contributed by atoms with Crippen LogP contribution >= 0.6 is 0 Å². The van der Waals surface area contributed by atoms with E-state index in [2.05, 4.69) is 38.7 Å². The summed E-state index contributed by atoms with van der Waals surface area (Å²) in [5, 5.41) is 10.8. The van der Waals surface area contributed by atoms with Gasteiger partial charge in [0.15, 0.2) is 0 Å². The Labute approximate surface area is 143 Å². The summed E-state index contributed by atoms with van der Waals surface area (Å²) in [6.07, 6.45) is 6.03. The quantitative estimate of drug-likeness (QED) is 0.939. The Morgan fingerprint density at radius 3 is 3.00 bits per heavy atom. The summed E-state index contributed by atoms with van der Waals surface area (Å²) in [6, 6.07) is 6.41. The monoisotopic (exact) mass is 329 g/mol. The second kappa shape index (κ2) is 6.47. The molecule has 0 spiro atoms. The Morgan fingerprint density at radius 1 is 1.33 bits per heavy atom. The molecule has 130 valence electrons. The third kappa shape index (κ3) is 3.21. The highest BCUT2D eigenvalue weighted by Gasteiger charge is 2.34. The minimum absolute atomic E-state index is 0.500. The zero-order valence-electron chi connectivity index (χ0n) is 14.4. The molecule has 1 unspecified atom stereocenters. The lowest BCUT2D eigenvalue weighted by molar-refractivity contribution is -0.0824. The number of likely N-dealkylation sites (tertiary alicyclic amines) is 1. The molecule has 4 heterocycles. The van der Waals surface area contributed by atoms with Crippen LogP contribution in [0.5, 0.6) is 0 Å². The molecule has 2 aliphatic rings. The topological polar surface area (TPSA) is 50.0 Å². The van der Waals surface area contributed by atoms with Crippen molar-refractivity contribution in [2.45, 2.75) is 44.1 Å². The molecule has 1 atom stereocenters. The first-order chi connectivity index (χ1) is 11.6. The number of fused-ring (bicyclic) bond motifs is 1. The van der Waals surface area contributed by atoms with Crippen LogP contribution in [-0.4, -0.2) is 57.8 Å². The number of aromatic nitrogens is 2. The maximum atomic E-state index is 10.8. The fraction of sp³-hybridized carbons (Fsp3) is 0.632. The van der Waals surface area contributed by atoms with Gasteiger partial charge in [0.25, 0.3) is 0 Å². The van der Waals surface area contributed by atoms with Crippen LogP contribution < -0.4 is 0 Å². The van der Waals surface area contributed by atoms with E-state index in [-0.39, 0.29) is 0 Å². The highest BCUT2D eigenvalue weighted by Crippen LogP contribution is 2.30. The molecule has 24 heavy (non-hydrogen) atoms. The standard InChI is InChI=1S/C19H27N3O2/c1-15-12-22-17(5-2-6-18(22)20-15)16-4-3-9-21(13-16)14-19(23)7-10-24-11-8-19/h2,5-6,12,16,23H,3-4,7-11,13-14H2,1H3. The van der Waals surface area contributed by atoms with Gasteiger partial charge in [-0.25, -0.2) is 4.98 Å². The SMILES string of the molecule is Cc1cn2c(C3CCCN(CC4(O)CCOCC4)C3)cccc2n1. The van der Waals surface area contributed by atoms with Gasteiger partial charge in [-0.15, -0.1) is 0 Å². The first-order valence-corrected chi connectivity index (χ1v) is 9.10. The zero-order valence-corrected chi connectivity index (χ0v) is 14.4. The van der Waals surface area contributed by atoms with Crippen molar-refractivity contribution in [2.24, 2.45) is 0 Å². The molecule has 2 saturated heterocycles. The van der Waals surface area contributed by atoms with E-state index in [1.54, 1.807) is 0 Å². The van der Waals surface area contributed by atoms with Gasteiger partial charge >= 0.3 is 0 Å². The molecule has 5 nitrogen and oxygen atoms in total. The van der Waals surface area contributed by atoms with Crippen LogP contribution in [0.3, 0.4) is 0 Å². The predicted octanol–water partition coefficient (Wildman–Crippen LogP) is 2.36. The Balaban J connectivity index is 1.52.